The van der Waals surface area contributed by atoms with Crippen molar-refractivity contribution >= 4 is 34.1 Å². The van der Waals surface area contributed by atoms with Gasteiger partial charge in [-0.1, -0.05) is 36.4 Å². The summed E-state index contributed by atoms with van der Waals surface area (Å²) < 4.78 is 5.25. The highest BCUT2D eigenvalue weighted by molar-refractivity contribution is 6.62. The molecule has 0 bridgehead atoms. The van der Waals surface area contributed by atoms with Crippen molar-refractivity contribution in [3.63, 3.8) is 0 Å². The quantitative estimate of drug-likeness (QED) is 0.539. The van der Waals surface area contributed by atoms with Gasteiger partial charge >= 0.3 is 7.12 Å². The van der Waals surface area contributed by atoms with E-state index in [0.717, 1.165) is 27.3 Å². The van der Waals surface area contributed by atoms with Crippen LogP contribution in [0, 0.1) is 0 Å². The standard InChI is InChI=1S/C15H13BO3/c1-19-11-7-6-10-8-15(16(17)18)13-5-3-2-4-12(13)14(10)9-11/h2-9,17-18H,1H3. The minimum absolute atomic E-state index is 0.522. The number of methoxy groups -OCH3 is 1. The van der Waals surface area contributed by atoms with Crippen LogP contribution in [0.2, 0.25) is 0 Å². The molecule has 0 aromatic heterocycles. The van der Waals surface area contributed by atoms with Crippen molar-refractivity contribution in [1.29, 1.82) is 0 Å². The van der Waals surface area contributed by atoms with Gasteiger partial charge in [-0.15, -0.1) is 0 Å². The van der Waals surface area contributed by atoms with Crippen LogP contribution in [0.1, 0.15) is 0 Å². The first-order chi connectivity index (χ1) is 9.20. The summed E-state index contributed by atoms with van der Waals surface area (Å²) in [6.45, 7) is 0. The first-order valence-corrected chi connectivity index (χ1v) is 6.06. The molecule has 0 aliphatic carbocycles. The zero-order valence-corrected chi connectivity index (χ0v) is 10.5. The first-order valence-electron chi connectivity index (χ1n) is 6.06. The fourth-order valence-electron chi connectivity index (χ4n) is 2.45. The zero-order valence-electron chi connectivity index (χ0n) is 10.5. The lowest BCUT2D eigenvalue weighted by Gasteiger charge is -2.11. The van der Waals surface area contributed by atoms with Gasteiger partial charge in [0.2, 0.25) is 0 Å². The molecule has 0 unspecified atom stereocenters. The van der Waals surface area contributed by atoms with E-state index in [0.29, 0.717) is 5.46 Å². The maximum absolute atomic E-state index is 9.51. The van der Waals surface area contributed by atoms with Crippen molar-refractivity contribution in [1.82, 2.24) is 0 Å². The molecule has 0 atom stereocenters. The van der Waals surface area contributed by atoms with E-state index in [2.05, 4.69) is 0 Å². The predicted octanol–water partition coefficient (Wildman–Crippen LogP) is 1.68. The summed E-state index contributed by atoms with van der Waals surface area (Å²) in [6.07, 6.45) is 0. The molecule has 0 fully saturated rings. The fraction of sp³-hybridized carbons (Fsp3) is 0.0667. The van der Waals surface area contributed by atoms with Crippen molar-refractivity contribution in [3.8, 4) is 5.75 Å². The number of fused-ring (bicyclic) bond motifs is 3. The van der Waals surface area contributed by atoms with Crippen LogP contribution in [-0.4, -0.2) is 24.3 Å². The van der Waals surface area contributed by atoms with Gasteiger partial charge < -0.3 is 14.8 Å². The van der Waals surface area contributed by atoms with E-state index < -0.39 is 7.12 Å². The van der Waals surface area contributed by atoms with Crippen LogP contribution >= 0.6 is 0 Å². The normalized spacial score (nSPS) is 10.9. The molecular formula is C15H13BO3. The molecule has 0 saturated carbocycles. The Hall–Kier alpha value is -2.04. The Morgan fingerprint density at radius 3 is 2.32 bits per heavy atom. The van der Waals surface area contributed by atoms with Crippen molar-refractivity contribution in [3.05, 3.63) is 48.5 Å². The number of hydrogen-bond donors (Lipinski definition) is 2. The van der Waals surface area contributed by atoms with Gasteiger partial charge in [-0.25, -0.2) is 0 Å². The van der Waals surface area contributed by atoms with Crippen LogP contribution in [-0.2, 0) is 0 Å². The SMILES string of the molecule is COc1ccc2cc(B(O)O)c3ccccc3c2c1. The topological polar surface area (TPSA) is 49.7 Å². The van der Waals surface area contributed by atoms with Crippen LogP contribution in [0.25, 0.3) is 21.5 Å². The summed E-state index contributed by atoms with van der Waals surface area (Å²) in [5.41, 5.74) is 0.522. The molecule has 0 aliphatic rings. The molecule has 4 heteroatoms. The molecule has 0 saturated heterocycles. The molecule has 2 N–H and O–H groups in total. The number of rotatable bonds is 2. The molecule has 0 radical (unpaired) electrons. The van der Waals surface area contributed by atoms with Gasteiger partial charge in [0, 0.05) is 0 Å². The third kappa shape index (κ3) is 1.95. The van der Waals surface area contributed by atoms with E-state index in [1.165, 1.54) is 0 Å². The highest BCUT2D eigenvalue weighted by Gasteiger charge is 2.16. The van der Waals surface area contributed by atoms with E-state index in [9.17, 15) is 10.0 Å². The highest BCUT2D eigenvalue weighted by atomic mass is 16.5. The summed E-state index contributed by atoms with van der Waals surface area (Å²) in [5.74, 6) is 0.787. The summed E-state index contributed by atoms with van der Waals surface area (Å²) >= 11 is 0. The molecule has 0 spiro atoms. The Labute approximate surface area is 111 Å². The second-order valence-electron chi connectivity index (χ2n) is 4.47. The lowest BCUT2D eigenvalue weighted by Crippen LogP contribution is -2.30. The Kier molecular flexibility index (Phi) is 2.89. The van der Waals surface area contributed by atoms with Crippen molar-refractivity contribution in [2.24, 2.45) is 0 Å². The largest absolute Gasteiger partial charge is 0.497 e. The predicted molar refractivity (Wildman–Crippen MR) is 77.8 cm³/mol. The number of ether oxygens (including phenoxy) is 1. The van der Waals surface area contributed by atoms with Crippen LogP contribution in [0.3, 0.4) is 0 Å². The number of benzene rings is 3. The maximum atomic E-state index is 9.51. The molecule has 19 heavy (non-hydrogen) atoms. The van der Waals surface area contributed by atoms with Crippen LogP contribution in [0.4, 0.5) is 0 Å². The Morgan fingerprint density at radius 1 is 0.895 bits per heavy atom. The van der Waals surface area contributed by atoms with Gasteiger partial charge in [-0.05, 0) is 39.1 Å². The van der Waals surface area contributed by atoms with Gasteiger partial charge in [-0.3, -0.25) is 0 Å². The average Bonchev–Trinajstić information content (AvgIpc) is 2.45. The Bertz CT molecular complexity index is 753. The van der Waals surface area contributed by atoms with E-state index in [4.69, 9.17) is 4.74 Å². The molecule has 3 rings (SSSR count). The van der Waals surface area contributed by atoms with E-state index in [-0.39, 0.29) is 0 Å². The third-order valence-electron chi connectivity index (χ3n) is 3.38. The lowest BCUT2D eigenvalue weighted by molar-refractivity contribution is 0.415. The number of hydrogen-bond acceptors (Lipinski definition) is 3. The molecule has 3 aromatic carbocycles. The summed E-state index contributed by atoms with van der Waals surface area (Å²) in [6, 6.07) is 15.3. The minimum Gasteiger partial charge on any atom is -0.497 e. The monoisotopic (exact) mass is 252 g/mol. The van der Waals surface area contributed by atoms with Gasteiger partial charge in [0.05, 0.1) is 7.11 Å². The Balaban J connectivity index is 2.47. The zero-order chi connectivity index (χ0) is 13.4. The first kappa shape index (κ1) is 12.0. The maximum Gasteiger partial charge on any atom is 0.489 e. The van der Waals surface area contributed by atoms with Gasteiger partial charge in [0.1, 0.15) is 5.75 Å². The van der Waals surface area contributed by atoms with Gasteiger partial charge in [-0.2, -0.15) is 0 Å². The fourth-order valence-corrected chi connectivity index (χ4v) is 2.45. The van der Waals surface area contributed by atoms with E-state index >= 15 is 0 Å². The van der Waals surface area contributed by atoms with Crippen LogP contribution in [0.5, 0.6) is 5.75 Å². The highest BCUT2D eigenvalue weighted by Crippen LogP contribution is 2.27. The summed E-state index contributed by atoms with van der Waals surface area (Å²) in [4.78, 5) is 0. The minimum atomic E-state index is -1.48. The molecule has 0 amide bonds. The molecule has 3 nitrogen and oxygen atoms in total. The third-order valence-corrected chi connectivity index (χ3v) is 3.38. The molecule has 0 aliphatic heterocycles. The van der Waals surface area contributed by atoms with Crippen LogP contribution in [0.15, 0.2) is 48.5 Å². The average molecular weight is 252 g/mol. The van der Waals surface area contributed by atoms with Gasteiger partial charge in [0.15, 0.2) is 0 Å². The van der Waals surface area contributed by atoms with Crippen molar-refractivity contribution < 1.29 is 14.8 Å². The second-order valence-corrected chi connectivity index (χ2v) is 4.47. The van der Waals surface area contributed by atoms with Crippen molar-refractivity contribution in [2.75, 3.05) is 7.11 Å². The lowest BCUT2D eigenvalue weighted by atomic mass is 9.76. The Morgan fingerprint density at radius 2 is 1.63 bits per heavy atom. The molecule has 94 valence electrons. The summed E-state index contributed by atoms with van der Waals surface area (Å²) in [7, 11) is 0.159. The van der Waals surface area contributed by atoms with E-state index in [1.54, 1.807) is 7.11 Å². The van der Waals surface area contributed by atoms with Gasteiger partial charge in [0.25, 0.3) is 0 Å². The van der Waals surface area contributed by atoms with Crippen LogP contribution < -0.4 is 10.2 Å². The smallest absolute Gasteiger partial charge is 0.489 e. The molecule has 3 aromatic rings. The second kappa shape index (κ2) is 4.57. The van der Waals surface area contributed by atoms with Crippen molar-refractivity contribution in [2.45, 2.75) is 0 Å². The summed E-state index contributed by atoms with van der Waals surface area (Å²) in [5, 5.41) is 22.9. The molecular weight excluding hydrogens is 239 g/mol. The molecule has 0 heterocycles. The van der Waals surface area contributed by atoms with E-state index in [1.807, 2.05) is 48.5 Å².